The molecular formula is C20H27FIN3O2. The minimum atomic E-state index is -0.325. The molecular weight excluding hydrogens is 460 g/mol. The van der Waals surface area contributed by atoms with Gasteiger partial charge in [0.25, 0.3) is 0 Å². The molecule has 0 radical (unpaired) electrons. The van der Waals surface area contributed by atoms with Gasteiger partial charge in [-0.3, -0.25) is 0 Å². The minimum Gasteiger partial charge on any atom is -0.490 e. The number of hydrogen-bond donors (Lipinski definition) is 2. The Morgan fingerprint density at radius 2 is 2.19 bits per heavy atom. The third-order valence-corrected chi connectivity index (χ3v) is 4.30. The molecule has 0 spiro atoms. The molecule has 7 heteroatoms. The van der Waals surface area contributed by atoms with Crippen LogP contribution in [0.1, 0.15) is 44.1 Å². The van der Waals surface area contributed by atoms with Gasteiger partial charge in [0.2, 0.25) is 0 Å². The SMILES string of the molecule is CCNC(=NCc1ccco1)NC(C)c1ccc(OCC2CC2)c(F)c1.I. The first kappa shape index (κ1) is 21.5. The molecule has 0 amide bonds. The van der Waals surface area contributed by atoms with Gasteiger partial charge >= 0.3 is 0 Å². The molecule has 27 heavy (non-hydrogen) atoms. The van der Waals surface area contributed by atoms with Crippen molar-refractivity contribution in [3.8, 4) is 5.75 Å². The van der Waals surface area contributed by atoms with Crippen molar-refractivity contribution in [1.82, 2.24) is 10.6 Å². The van der Waals surface area contributed by atoms with E-state index in [2.05, 4.69) is 15.6 Å². The zero-order chi connectivity index (χ0) is 18.4. The van der Waals surface area contributed by atoms with Crippen molar-refractivity contribution in [3.63, 3.8) is 0 Å². The van der Waals surface area contributed by atoms with Gasteiger partial charge < -0.3 is 19.8 Å². The van der Waals surface area contributed by atoms with Crippen molar-refractivity contribution in [2.24, 2.45) is 10.9 Å². The van der Waals surface area contributed by atoms with Crippen molar-refractivity contribution >= 4 is 29.9 Å². The fourth-order valence-corrected chi connectivity index (χ4v) is 2.56. The van der Waals surface area contributed by atoms with Crippen LogP contribution < -0.4 is 15.4 Å². The van der Waals surface area contributed by atoms with Gasteiger partial charge in [0, 0.05) is 6.54 Å². The standard InChI is InChI=1S/C20H26FN3O2.HI/c1-3-22-20(23-12-17-5-4-10-25-17)24-14(2)16-8-9-19(18(21)11-16)26-13-15-6-7-15;/h4-5,8-11,14-15H,3,6-7,12-13H2,1-2H3,(H2,22,23,24);1H. The molecule has 1 aliphatic rings. The number of ether oxygens (including phenoxy) is 1. The Morgan fingerprint density at radius 1 is 1.37 bits per heavy atom. The van der Waals surface area contributed by atoms with E-state index in [1.54, 1.807) is 12.3 Å². The zero-order valence-electron chi connectivity index (χ0n) is 15.7. The van der Waals surface area contributed by atoms with Crippen molar-refractivity contribution in [2.75, 3.05) is 13.2 Å². The van der Waals surface area contributed by atoms with Crippen molar-refractivity contribution < 1.29 is 13.5 Å². The first-order chi connectivity index (χ1) is 12.7. The maximum absolute atomic E-state index is 14.3. The fourth-order valence-electron chi connectivity index (χ4n) is 2.56. The van der Waals surface area contributed by atoms with E-state index in [0.29, 0.717) is 30.8 Å². The summed E-state index contributed by atoms with van der Waals surface area (Å²) in [6, 6.07) is 8.74. The highest BCUT2D eigenvalue weighted by Gasteiger charge is 2.22. The van der Waals surface area contributed by atoms with Gasteiger partial charge in [-0.15, -0.1) is 24.0 Å². The van der Waals surface area contributed by atoms with Crippen molar-refractivity contribution in [3.05, 3.63) is 53.7 Å². The number of halogens is 2. The molecule has 1 aromatic heterocycles. The maximum Gasteiger partial charge on any atom is 0.192 e. The average Bonchev–Trinajstić information content (AvgIpc) is 3.31. The van der Waals surface area contributed by atoms with Crippen LogP contribution in [0, 0.1) is 11.7 Å². The van der Waals surface area contributed by atoms with E-state index < -0.39 is 0 Å². The molecule has 1 heterocycles. The summed E-state index contributed by atoms with van der Waals surface area (Å²) in [5, 5.41) is 6.48. The first-order valence-electron chi connectivity index (χ1n) is 9.15. The number of benzene rings is 1. The van der Waals surface area contributed by atoms with Gasteiger partial charge in [-0.25, -0.2) is 9.38 Å². The summed E-state index contributed by atoms with van der Waals surface area (Å²) in [6.07, 6.45) is 4.00. The normalized spacial score (nSPS) is 15.0. The maximum atomic E-state index is 14.3. The van der Waals surface area contributed by atoms with E-state index in [4.69, 9.17) is 9.15 Å². The number of nitrogens with zero attached hydrogens (tertiary/aromatic N) is 1. The topological polar surface area (TPSA) is 58.8 Å². The average molecular weight is 487 g/mol. The fraction of sp³-hybridized carbons (Fsp3) is 0.450. The molecule has 1 atom stereocenters. The largest absolute Gasteiger partial charge is 0.490 e. The van der Waals surface area contributed by atoms with Gasteiger partial charge in [0.1, 0.15) is 12.3 Å². The number of guanidine groups is 1. The van der Waals surface area contributed by atoms with E-state index in [-0.39, 0.29) is 35.8 Å². The predicted molar refractivity (Wildman–Crippen MR) is 115 cm³/mol. The van der Waals surface area contributed by atoms with Gasteiger partial charge in [0.15, 0.2) is 17.5 Å². The van der Waals surface area contributed by atoms with Crippen LogP contribution in [0.5, 0.6) is 5.75 Å². The van der Waals surface area contributed by atoms with Gasteiger partial charge in [-0.05, 0) is 62.4 Å². The molecule has 0 bridgehead atoms. The third kappa shape index (κ3) is 6.71. The van der Waals surface area contributed by atoms with Crippen molar-refractivity contribution in [2.45, 2.75) is 39.3 Å². The van der Waals surface area contributed by atoms with E-state index in [1.165, 1.54) is 18.9 Å². The van der Waals surface area contributed by atoms with E-state index in [1.807, 2.05) is 32.0 Å². The lowest BCUT2D eigenvalue weighted by molar-refractivity contribution is 0.285. The van der Waals surface area contributed by atoms with Crippen LogP contribution in [-0.4, -0.2) is 19.1 Å². The molecule has 1 unspecified atom stereocenters. The summed E-state index contributed by atoms with van der Waals surface area (Å²) in [5.74, 6) is 2.05. The summed E-state index contributed by atoms with van der Waals surface area (Å²) in [4.78, 5) is 4.50. The smallest absolute Gasteiger partial charge is 0.192 e. The molecule has 0 saturated heterocycles. The summed E-state index contributed by atoms with van der Waals surface area (Å²) in [5.41, 5.74) is 0.838. The number of rotatable bonds is 8. The third-order valence-electron chi connectivity index (χ3n) is 4.30. The summed E-state index contributed by atoms with van der Waals surface area (Å²) in [6.45, 7) is 5.75. The van der Waals surface area contributed by atoms with Crippen LogP contribution in [0.4, 0.5) is 4.39 Å². The lowest BCUT2D eigenvalue weighted by Gasteiger charge is -2.19. The first-order valence-corrected chi connectivity index (χ1v) is 9.15. The second kappa shape index (κ2) is 10.5. The molecule has 1 fully saturated rings. The zero-order valence-corrected chi connectivity index (χ0v) is 18.0. The number of hydrogen-bond acceptors (Lipinski definition) is 3. The Morgan fingerprint density at radius 3 is 2.81 bits per heavy atom. The Balaban J connectivity index is 0.00000261. The molecule has 3 rings (SSSR count). The highest BCUT2D eigenvalue weighted by Crippen LogP contribution is 2.30. The monoisotopic (exact) mass is 487 g/mol. The lowest BCUT2D eigenvalue weighted by atomic mass is 10.1. The van der Waals surface area contributed by atoms with Crippen LogP contribution in [-0.2, 0) is 6.54 Å². The molecule has 148 valence electrons. The van der Waals surface area contributed by atoms with Crippen LogP contribution in [0.15, 0.2) is 46.0 Å². The number of aliphatic imine (C=N–C) groups is 1. The second-order valence-corrected chi connectivity index (χ2v) is 6.58. The molecule has 1 aromatic carbocycles. The second-order valence-electron chi connectivity index (χ2n) is 6.58. The van der Waals surface area contributed by atoms with Gasteiger partial charge in [0.05, 0.1) is 18.9 Å². The highest BCUT2D eigenvalue weighted by atomic mass is 127. The Kier molecular flexibility index (Phi) is 8.40. The summed E-state index contributed by atoms with van der Waals surface area (Å²) < 4.78 is 25.1. The van der Waals surface area contributed by atoms with Crippen LogP contribution in [0.25, 0.3) is 0 Å². The highest BCUT2D eigenvalue weighted by molar-refractivity contribution is 14.0. The summed E-state index contributed by atoms with van der Waals surface area (Å²) >= 11 is 0. The molecule has 2 aromatic rings. The van der Waals surface area contributed by atoms with Crippen molar-refractivity contribution in [1.29, 1.82) is 0 Å². The quantitative estimate of drug-likeness (QED) is 0.324. The van der Waals surface area contributed by atoms with E-state index in [9.17, 15) is 4.39 Å². The molecule has 1 aliphatic carbocycles. The Bertz CT molecular complexity index is 733. The van der Waals surface area contributed by atoms with E-state index >= 15 is 0 Å². The van der Waals surface area contributed by atoms with Crippen LogP contribution >= 0.6 is 24.0 Å². The predicted octanol–water partition coefficient (Wildman–Crippen LogP) is 4.64. The van der Waals surface area contributed by atoms with Gasteiger partial charge in [-0.1, -0.05) is 6.07 Å². The van der Waals surface area contributed by atoms with Gasteiger partial charge in [-0.2, -0.15) is 0 Å². The molecule has 0 aliphatic heterocycles. The molecule has 5 nitrogen and oxygen atoms in total. The molecule has 1 saturated carbocycles. The molecule has 2 N–H and O–H groups in total. The summed E-state index contributed by atoms with van der Waals surface area (Å²) in [7, 11) is 0. The van der Waals surface area contributed by atoms with E-state index in [0.717, 1.165) is 17.9 Å². The number of furan rings is 1. The Labute approximate surface area is 176 Å². The minimum absolute atomic E-state index is 0. The van der Waals surface area contributed by atoms with Crippen LogP contribution in [0.3, 0.4) is 0 Å². The lowest BCUT2D eigenvalue weighted by Crippen LogP contribution is -2.38. The van der Waals surface area contributed by atoms with Crippen LogP contribution in [0.2, 0.25) is 0 Å². The number of nitrogens with one attached hydrogen (secondary N) is 2. The Hall–Kier alpha value is -1.77.